The highest BCUT2D eigenvalue weighted by Crippen LogP contribution is 2.13. The molecule has 158 valence electrons. The van der Waals surface area contributed by atoms with Crippen molar-refractivity contribution in [2.24, 2.45) is 0 Å². The monoisotopic (exact) mass is 387 g/mol. The minimum Gasteiger partial charge on any atom is -0.494 e. The van der Waals surface area contributed by atoms with Gasteiger partial charge in [-0.2, -0.15) is 0 Å². The Morgan fingerprint density at radius 3 is 1.71 bits per heavy atom. The van der Waals surface area contributed by atoms with Crippen molar-refractivity contribution in [3.63, 3.8) is 0 Å². The van der Waals surface area contributed by atoms with Crippen LogP contribution in [0.1, 0.15) is 89.9 Å². The molecule has 0 fully saturated rings. The van der Waals surface area contributed by atoms with Crippen LogP contribution < -0.4 is 10.1 Å². The third-order valence-corrected chi connectivity index (χ3v) is 5.07. The van der Waals surface area contributed by atoms with E-state index in [4.69, 9.17) is 4.74 Å². The fraction of sp³-hybridized carbons (Fsp3) is 0.640. The van der Waals surface area contributed by atoms with Crippen molar-refractivity contribution >= 4 is 5.91 Å². The Morgan fingerprint density at radius 1 is 0.750 bits per heavy atom. The van der Waals surface area contributed by atoms with E-state index in [1.165, 1.54) is 83.1 Å². The molecule has 3 heteroatoms. The van der Waals surface area contributed by atoms with Gasteiger partial charge in [0.15, 0.2) is 0 Å². The van der Waals surface area contributed by atoms with Crippen LogP contribution in [-0.4, -0.2) is 19.1 Å². The van der Waals surface area contributed by atoms with Gasteiger partial charge in [-0.3, -0.25) is 4.79 Å². The van der Waals surface area contributed by atoms with Gasteiger partial charge in [0.1, 0.15) is 5.75 Å². The molecule has 0 spiro atoms. The number of carbonyl (C=O) groups is 1. The summed E-state index contributed by atoms with van der Waals surface area (Å²) >= 11 is 0. The number of carbonyl (C=O) groups excluding carboxylic acids is 1. The molecule has 0 heterocycles. The van der Waals surface area contributed by atoms with Crippen molar-refractivity contribution in [1.29, 1.82) is 0 Å². The first-order valence-corrected chi connectivity index (χ1v) is 11.4. The van der Waals surface area contributed by atoms with E-state index in [1.54, 1.807) is 0 Å². The van der Waals surface area contributed by atoms with Gasteiger partial charge in [0, 0.05) is 6.54 Å². The van der Waals surface area contributed by atoms with E-state index in [-0.39, 0.29) is 5.91 Å². The summed E-state index contributed by atoms with van der Waals surface area (Å²) in [4.78, 5) is 11.0. The highest BCUT2D eigenvalue weighted by Gasteiger charge is 1.96. The zero-order valence-electron chi connectivity index (χ0n) is 17.8. The van der Waals surface area contributed by atoms with Crippen molar-refractivity contribution in [3.05, 3.63) is 43.0 Å². The smallest absolute Gasteiger partial charge is 0.243 e. The molecule has 0 aliphatic rings. The predicted octanol–water partition coefficient (Wildman–Crippen LogP) is 6.83. The lowest BCUT2D eigenvalue weighted by Gasteiger charge is -2.06. The highest BCUT2D eigenvalue weighted by atomic mass is 16.5. The summed E-state index contributed by atoms with van der Waals surface area (Å²) in [6.07, 6.45) is 19.7. The number of hydrogen-bond acceptors (Lipinski definition) is 2. The average molecular weight is 388 g/mol. The molecule has 3 nitrogen and oxygen atoms in total. The zero-order chi connectivity index (χ0) is 20.1. The Hall–Kier alpha value is -1.77. The molecule has 0 aliphatic carbocycles. The minimum atomic E-state index is -0.0583. The Balaban J connectivity index is 1.70. The fourth-order valence-electron chi connectivity index (χ4n) is 3.34. The normalized spacial score (nSPS) is 10.6. The van der Waals surface area contributed by atoms with Crippen molar-refractivity contribution in [1.82, 2.24) is 5.32 Å². The van der Waals surface area contributed by atoms with Gasteiger partial charge in [0.25, 0.3) is 0 Å². The van der Waals surface area contributed by atoms with Gasteiger partial charge in [-0.15, -0.1) is 0 Å². The third kappa shape index (κ3) is 15.3. The van der Waals surface area contributed by atoms with Crippen LogP contribution in [0, 0.1) is 0 Å². The van der Waals surface area contributed by atoms with Gasteiger partial charge in [-0.05, 0) is 31.1 Å². The average Bonchev–Trinajstić information content (AvgIpc) is 2.73. The largest absolute Gasteiger partial charge is 0.494 e. The molecule has 0 saturated heterocycles. The summed E-state index contributed by atoms with van der Waals surface area (Å²) in [5.74, 6) is 0.927. The molecule has 1 aromatic rings. The maximum atomic E-state index is 11.0. The van der Waals surface area contributed by atoms with Crippen molar-refractivity contribution in [2.45, 2.75) is 89.9 Å². The van der Waals surface area contributed by atoms with E-state index >= 15 is 0 Å². The lowest BCUT2D eigenvalue weighted by atomic mass is 10.0. The van der Waals surface area contributed by atoms with E-state index in [1.807, 2.05) is 30.3 Å². The number of amides is 1. The van der Waals surface area contributed by atoms with Gasteiger partial charge < -0.3 is 10.1 Å². The molecular weight excluding hydrogens is 346 g/mol. The maximum Gasteiger partial charge on any atom is 0.243 e. The van der Waals surface area contributed by atoms with Gasteiger partial charge >= 0.3 is 0 Å². The lowest BCUT2D eigenvalue weighted by molar-refractivity contribution is -0.116. The number of hydrogen-bond donors (Lipinski definition) is 1. The number of nitrogens with one attached hydrogen (secondary N) is 1. The molecule has 1 amide bonds. The Morgan fingerprint density at radius 2 is 1.21 bits per heavy atom. The molecule has 0 saturated carbocycles. The Labute approximate surface area is 173 Å². The molecule has 1 rings (SSSR count). The van der Waals surface area contributed by atoms with E-state index in [2.05, 4.69) is 11.9 Å². The number of benzene rings is 1. The predicted molar refractivity (Wildman–Crippen MR) is 120 cm³/mol. The van der Waals surface area contributed by atoms with Gasteiger partial charge in [0.05, 0.1) is 6.61 Å². The Bertz CT molecular complexity index is 487. The summed E-state index contributed by atoms with van der Waals surface area (Å²) in [6.45, 7) is 5.07. The molecule has 28 heavy (non-hydrogen) atoms. The van der Waals surface area contributed by atoms with Gasteiger partial charge in [0.2, 0.25) is 5.91 Å². The first-order chi connectivity index (χ1) is 13.8. The molecular formula is C25H41NO2. The van der Waals surface area contributed by atoms with Crippen LogP contribution in [0.25, 0.3) is 0 Å². The van der Waals surface area contributed by atoms with E-state index in [9.17, 15) is 4.79 Å². The van der Waals surface area contributed by atoms with E-state index in [0.717, 1.165) is 31.7 Å². The van der Waals surface area contributed by atoms with Crippen LogP contribution in [0.3, 0.4) is 0 Å². The first kappa shape index (κ1) is 24.3. The number of rotatable bonds is 19. The van der Waals surface area contributed by atoms with Gasteiger partial charge in [-0.25, -0.2) is 0 Å². The molecule has 0 unspecified atom stereocenters. The maximum absolute atomic E-state index is 11.0. The minimum absolute atomic E-state index is 0.0583. The second-order valence-corrected chi connectivity index (χ2v) is 7.61. The van der Waals surface area contributed by atoms with Crippen LogP contribution in [0.2, 0.25) is 0 Å². The van der Waals surface area contributed by atoms with Crippen LogP contribution in [0.4, 0.5) is 0 Å². The Kier molecular flexibility index (Phi) is 16.1. The van der Waals surface area contributed by atoms with Crippen LogP contribution in [-0.2, 0) is 4.79 Å². The number of unbranched alkanes of at least 4 members (excludes halogenated alkanes) is 13. The summed E-state index contributed by atoms with van der Waals surface area (Å²) in [5, 5.41) is 2.83. The van der Waals surface area contributed by atoms with Crippen LogP contribution in [0.5, 0.6) is 5.75 Å². The summed E-state index contributed by atoms with van der Waals surface area (Å²) in [7, 11) is 0. The van der Waals surface area contributed by atoms with Gasteiger partial charge in [-0.1, -0.05) is 102 Å². The number of ether oxygens (including phenoxy) is 1. The topological polar surface area (TPSA) is 38.3 Å². The summed E-state index contributed by atoms with van der Waals surface area (Å²) in [5.41, 5.74) is 0. The lowest BCUT2D eigenvalue weighted by Crippen LogP contribution is -2.21. The fourth-order valence-corrected chi connectivity index (χ4v) is 3.34. The van der Waals surface area contributed by atoms with E-state index < -0.39 is 0 Å². The van der Waals surface area contributed by atoms with E-state index in [0.29, 0.717) is 0 Å². The van der Waals surface area contributed by atoms with Crippen LogP contribution >= 0.6 is 0 Å². The van der Waals surface area contributed by atoms with Crippen molar-refractivity contribution in [2.75, 3.05) is 13.2 Å². The SMILES string of the molecule is C=CC(=O)NCCCCCCCCCCCCCCCCOc1ccccc1. The second-order valence-electron chi connectivity index (χ2n) is 7.61. The molecule has 0 aromatic heterocycles. The molecule has 0 radical (unpaired) electrons. The molecule has 0 aliphatic heterocycles. The highest BCUT2D eigenvalue weighted by molar-refractivity contribution is 5.86. The van der Waals surface area contributed by atoms with Crippen LogP contribution in [0.15, 0.2) is 43.0 Å². The molecule has 0 atom stereocenters. The first-order valence-electron chi connectivity index (χ1n) is 11.4. The standard InChI is InChI=1S/C25H41NO2/c1-2-25(27)26-22-18-13-11-9-7-5-3-4-6-8-10-12-14-19-23-28-24-20-16-15-17-21-24/h2,15-17,20-21H,1,3-14,18-19,22-23H2,(H,26,27). The molecule has 1 aromatic carbocycles. The second kappa shape index (κ2) is 18.6. The molecule has 1 N–H and O–H groups in total. The summed E-state index contributed by atoms with van der Waals surface area (Å²) in [6, 6.07) is 10.1. The quantitative estimate of drug-likeness (QED) is 0.209. The van der Waals surface area contributed by atoms with Crippen molar-refractivity contribution in [3.8, 4) is 5.75 Å². The molecule has 0 bridgehead atoms. The third-order valence-electron chi connectivity index (χ3n) is 5.07. The summed E-state index contributed by atoms with van der Waals surface area (Å²) < 4.78 is 5.72. The number of para-hydroxylation sites is 1. The zero-order valence-corrected chi connectivity index (χ0v) is 17.8. The van der Waals surface area contributed by atoms with Crippen molar-refractivity contribution < 1.29 is 9.53 Å².